The van der Waals surface area contributed by atoms with Crippen molar-refractivity contribution >= 4 is 28.0 Å². The molecule has 3 aromatic heterocycles. The van der Waals surface area contributed by atoms with E-state index in [0.29, 0.717) is 18.3 Å². The molecule has 0 aliphatic heterocycles. The van der Waals surface area contributed by atoms with E-state index in [9.17, 15) is 4.79 Å². The summed E-state index contributed by atoms with van der Waals surface area (Å²) >= 11 is 0. The zero-order chi connectivity index (χ0) is 20.6. The Bertz CT molecular complexity index is 974. The summed E-state index contributed by atoms with van der Waals surface area (Å²) in [4.78, 5) is 26.8. The number of fused-ring (bicyclic) bond motifs is 3. The van der Waals surface area contributed by atoms with E-state index in [1.807, 2.05) is 12.3 Å². The summed E-state index contributed by atoms with van der Waals surface area (Å²) in [6.07, 6.45) is 11.3. The van der Waals surface area contributed by atoms with Gasteiger partial charge in [0.1, 0.15) is 17.0 Å². The molecule has 1 fully saturated rings. The van der Waals surface area contributed by atoms with Crippen LogP contribution in [-0.2, 0) is 11.2 Å². The van der Waals surface area contributed by atoms with Gasteiger partial charge in [-0.3, -0.25) is 4.79 Å². The summed E-state index contributed by atoms with van der Waals surface area (Å²) in [5.74, 6) is 1.83. The van der Waals surface area contributed by atoms with E-state index >= 15 is 0 Å². The van der Waals surface area contributed by atoms with Crippen molar-refractivity contribution in [1.29, 1.82) is 5.26 Å². The van der Waals surface area contributed by atoms with Crippen LogP contribution in [0.3, 0.4) is 0 Å². The number of carbonyl (C=O) groups is 1. The van der Waals surface area contributed by atoms with Gasteiger partial charge in [0, 0.05) is 24.5 Å². The highest BCUT2D eigenvalue weighted by molar-refractivity contribution is 6.00. The van der Waals surface area contributed by atoms with E-state index in [4.69, 9.17) is 5.26 Å². The normalized spacial score (nSPS) is 14.6. The molecule has 7 heteroatoms. The maximum absolute atomic E-state index is 11.8. The first kappa shape index (κ1) is 20.8. The molecule has 1 amide bonds. The number of carbonyl (C=O) groups excluding carboxylic acids is 1. The third-order valence-electron chi connectivity index (χ3n) is 5.22. The van der Waals surface area contributed by atoms with Gasteiger partial charge in [0.05, 0.1) is 24.2 Å². The van der Waals surface area contributed by atoms with Crippen LogP contribution in [0.5, 0.6) is 0 Å². The first-order chi connectivity index (χ1) is 14.1. The Kier molecular flexibility index (Phi) is 7.23. The van der Waals surface area contributed by atoms with E-state index in [2.05, 4.69) is 45.2 Å². The zero-order valence-electron chi connectivity index (χ0n) is 17.3. The fraction of sp³-hybridized carbons (Fsp3) is 0.545. The number of hydrogen-bond acceptors (Lipinski definition) is 4. The predicted octanol–water partition coefficient (Wildman–Crippen LogP) is 4.23. The molecule has 154 valence electrons. The molecule has 7 nitrogen and oxygen atoms in total. The number of pyridine rings is 1. The van der Waals surface area contributed by atoms with Crippen molar-refractivity contribution in [3.63, 3.8) is 0 Å². The standard InChI is InChI=1S/C14H17N5O.C8H13N/c1-8(2)6-16-12(20)5-11-18-10-7-17-14-9(3-4-15-14)13(10)19-11;9-7-6-8-4-2-1-3-5-8/h3-4,7-8H,5-6H2,1-2H3,(H,15,17)(H,16,20)(H,18,19);8H,1-6H2. The molecule has 0 unspecified atom stereocenters. The number of imidazole rings is 1. The number of nitrogens with one attached hydrogen (secondary N) is 3. The number of hydrogen-bond donors (Lipinski definition) is 3. The minimum Gasteiger partial charge on any atom is -0.355 e. The van der Waals surface area contributed by atoms with Gasteiger partial charge in [-0.25, -0.2) is 9.97 Å². The summed E-state index contributed by atoms with van der Waals surface area (Å²) in [7, 11) is 0. The second kappa shape index (κ2) is 10.1. The number of nitrogens with zero attached hydrogens (tertiary/aromatic N) is 3. The van der Waals surface area contributed by atoms with Crippen molar-refractivity contribution in [1.82, 2.24) is 25.3 Å². The molecule has 4 rings (SSSR count). The molecule has 29 heavy (non-hydrogen) atoms. The molecule has 0 atom stereocenters. The third-order valence-corrected chi connectivity index (χ3v) is 5.22. The van der Waals surface area contributed by atoms with Crippen molar-refractivity contribution < 1.29 is 4.79 Å². The maximum Gasteiger partial charge on any atom is 0.227 e. The van der Waals surface area contributed by atoms with Crippen molar-refractivity contribution in [2.24, 2.45) is 11.8 Å². The molecule has 3 N–H and O–H groups in total. The van der Waals surface area contributed by atoms with E-state index < -0.39 is 0 Å². The predicted molar refractivity (Wildman–Crippen MR) is 114 cm³/mol. The van der Waals surface area contributed by atoms with Crippen molar-refractivity contribution in [2.45, 2.75) is 58.8 Å². The van der Waals surface area contributed by atoms with Gasteiger partial charge in [0.25, 0.3) is 0 Å². The van der Waals surface area contributed by atoms with Crippen molar-refractivity contribution in [2.75, 3.05) is 6.54 Å². The zero-order valence-corrected chi connectivity index (χ0v) is 17.3. The summed E-state index contributed by atoms with van der Waals surface area (Å²) in [6.45, 7) is 4.81. The minimum absolute atomic E-state index is 0.0176. The Balaban J connectivity index is 0.000000224. The van der Waals surface area contributed by atoms with E-state index in [1.165, 1.54) is 32.1 Å². The first-order valence-corrected chi connectivity index (χ1v) is 10.5. The Morgan fingerprint density at radius 1 is 1.34 bits per heavy atom. The summed E-state index contributed by atoms with van der Waals surface area (Å²) in [6, 6.07) is 4.18. The molecule has 0 bridgehead atoms. The van der Waals surface area contributed by atoms with Crippen LogP contribution in [-0.4, -0.2) is 32.4 Å². The minimum atomic E-state index is -0.0176. The molecule has 1 saturated carbocycles. The van der Waals surface area contributed by atoms with Crippen molar-refractivity contribution in [3.05, 3.63) is 24.3 Å². The Hall–Kier alpha value is -2.88. The van der Waals surface area contributed by atoms with Crippen LogP contribution in [0.4, 0.5) is 0 Å². The number of amides is 1. The molecule has 1 aliphatic carbocycles. The van der Waals surface area contributed by atoms with Crippen LogP contribution in [0.1, 0.15) is 58.2 Å². The molecular weight excluding hydrogens is 364 g/mol. The quantitative estimate of drug-likeness (QED) is 0.601. The summed E-state index contributed by atoms with van der Waals surface area (Å²) in [5.41, 5.74) is 2.51. The monoisotopic (exact) mass is 394 g/mol. The molecule has 3 aromatic rings. The van der Waals surface area contributed by atoms with Gasteiger partial charge in [-0.2, -0.15) is 5.26 Å². The van der Waals surface area contributed by atoms with Gasteiger partial charge >= 0.3 is 0 Å². The second-order valence-electron chi connectivity index (χ2n) is 8.18. The number of nitriles is 1. The van der Waals surface area contributed by atoms with Crippen LogP contribution in [0.2, 0.25) is 0 Å². The van der Waals surface area contributed by atoms with Gasteiger partial charge in [0.15, 0.2) is 0 Å². The Labute approximate surface area is 171 Å². The van der Waals surface area contributed by atoms with Gasteiger partial charge < -0.3 is 15.3 Å². The third kappa shape index (κ3) is 5.80. The van der Waals surface area contributed by atoms with Crippen LogP contribution >= 0.6 is 0 Å². The molecule has 0 aromatic carbocycles. The smallest absolute Gasteiger partial charge is 0.227 e. The Morgan fingerprint density at radius 3 is 2.86 bits per heavy atom. The second-order valence-corrected chi connectivity index (χ2v) is 8.18. The highest BCUT2D eigenvalue weighted by Crippen LogP contribution is 2.25. The number of aromatic amines is 2. The SMILES string of the molecule is CC(C)CNC(=O)Cc1nc2c(cnc3[nH]ccc32)[nH]1.N#CCC1CCCCC1. The average molecular weight is 395 g/mol. The van der Waals surface area contributed by atoms with Crippen LogP contribution in [0, 0.1) is 23.2 Å². The molecule has 3 heterocycles. The van der Waals surface area contributed by atoms with Crippen LogP contribution in [0.15, 0.2) is 18.5 Å². The average Bonchev–Trinajstić information content (AvgIpc) is 3.34. The lowest BCUT2D eigenvalue weighted by Gasteiger charge is -2.17. The molecular formula is C22H30N6O. The van der Waals surface area contributed by atoms with Gasteiger partial charge in [-0.15, -0.1) is 0 Å². The number of rotatable bonds is 5. The topological polar surface area (TPSA) is 110 Å². The highest BCUT2D eigenvalue weighted by Gasteiger charge is 2.12. The lowest BCUT2D eigenvalue weighted by molar-refractivity contribution is -0.120. The summed E-state index contributed by atoms with van der Waals surface area (Å²) < 4.78 is 0. The number of H-pyrrole nitrogens is 2. The van der Waals surface area contributed by atoms with E-state index in [-0.39, 0.29) is 12.3 Å². The van der Waals surface area contributed by atoms with Gasteiger partial charge in [-0.05, 0) is 30.7 Å². The lowest BCUT2D eigenvalue weighted by atomic mass is 9.87. The number of aromatic nitrogens is 4. The fourth-order valence-corrected chi connectivity index (χ4v) is 3.66. The van der Waals surface area contributed by atoms with Crippen molar-refractivity contribution in [3.8, 4) is 6.07 Å². The lowest BCUT2D eigenvalue weighted by Crippen LogP contribution is -2.29. The van der Waals surface area contributed by atoms with Gasteiger partial charge in [-0.1, -0.05) is 33.1 Å². The van der Waals surface area contributed by atoms with Crippen LogP contribution in [0.25, 0.3) is 22.1 Å². The van der Waals surface area contributed by atoms with Crippen LogP contribution < -0.4 is 5.32 Å². The molecule has 0 saturated heterocycles. The van der Waals surface area contributed by atoms with E-state index in [1.54, 1.807) is 6.20 Å². The molecule has 0 spiro atoms. The first-order valence-electron chi connectivity index (χ1n) is 10.5. The van der Waals surface area contributed by atoms with Gasteiger partial charge in [0.2, 0.25) is 5.91 Å². The molecule has 0 radical (unpaired) electrons. The largest absolute Gasteiger partial charge is 0.355 e. The maximum atomic E-state index is 11.8. The fourth-order valence-electron chi connectivity index (χ4n) is 3.66. The van der Waals surface area contributed by atoms with E-state index in [0.717, 1.165) is 34.4 Å². The summed E-state index contributed by atoms with van der Waals surface area (Å²) in [5, 5.41) is 12.2. The Morgan fingerprint density at radius 2 is 2.14 bits per heavy atom. The highest BCUT2D eigenvalue weighted by atomic mass is 16.1. The molecule has 1 aliphatic rings.